The Morgan fingerprint density at radius 2 is 1.28 bits per heavy atom. The highest BCUT2D eigenvalue weighted by molar-refractivity contribution is 5.32. The number of halogens is 6. The average Bonchev–Trinajstić information content (AvgIpc) is 2.18. The molecule has 1 rings (SSSR count). The van der Waals surface area contributed by atoms with Crippen molar-refractivity contribution in [2.24, 2.45) is 5.18 Å². The number of nitroso groups, excluding NO2 is 1. The molecule has 0 saturated heterocycles. The molecule has 100 valence electrons. The van der Waals surface area contributed by atoms with Gasteiger partial charge in [0.1, 0.15) is 0 Å². The van der Waals surface area contributed by atoms with Crippen LogP contribution in [0.5, 0.6) is 0 Å². The molecule has 0 aliphatic heterocycles. The molecule has 8 heteroatoms. The van der Waals surface area contributed by atoms with Crippen LogP contribution in [0, 0.1) is 11.8 Å². The summed E-state index contributed by atoms with van der Waals surface area (Å²) in [6, 6.07) is 3.29. The van der Waals surface area contributed by atoms with E-state index in [2.05, 4.69) is 0 Å². The first-order valence-corrected chi connectivity index (χ1v) is 4.61. The fourth-order valence-electron chi connectivity index (χ4n) is 1.44. The lowest BCUT2D eigenvalue weighted by Crippen LogP contribution is -2.52. The minimum atomic E-state index is -5.86. The SMILES string of the molecule is Cc1ccc(C(N=O)(C(F)(F)F)C(F)(F)F)cc1. The first kappa shape index (κ1) is 14.5. The highest BCUT2D eigenvalue weighted by Crippen LogP contribution is 2.52. The minimum Gasteiger partial charge on any atom is -0.167 e. The molecule has 0 amide bonds. The van der Waals surface area contributed by atoms with E-state index < -0.39 is 23.5 Å². The highest BCUT2D eigenvalue weighted by Gasteiger charge is 2.74. The van der Waals surface area contributed by atoms with Gasteiger partial charge in [-0.3, -0.25) is 0 Å². The summed E-state index contributed by atoms with van der Waals surface area (Å²) in [5.41, 5.74) is -5.51. The summed E-state index contributed by atoms with van der Waals surface area (Å²) < 4.78 is 75.9. The van der Waals surface area contributed by atoms with Gasteiger partial charge in [-0.25, -0.2) is 0 Å². The van der Waals surface area contributed by atoms with Crippen LogP contribution in [0.4, 0.5) is 26.3 Å². The Balaban J connectivity index is 3.56. The van der Waals surface area contributed by atoms with Crippen LogP contribution in [0.1, 0.15) is 11.1 Å². The zero-order chi connectivity index (χ0) is 14.2. The van der Waals surface area contributed by atoms with E-state index in [4.69, 9.17) is 0 Å². The normalized spacial score (nSPS) is 13.5. The zero-order valence-electron chi connectivity index (χ0n) is 8.93. The maximum atomic E-state index is 12.6. The van der Waals surface area contributed by atoms with E-state index in [1.807, 2.05) is 0 Å². The summed E-state index contributed by atoms with van der Waals surface area (Å²) in [7, 11) is 0. The van der Waals surface area contributed by atoms with E-state index in [0.29, 0.717) is 17.7 Å². The number of hydrogen-bond acceptors (Lipinski definition) is 2. The Morgan fingerprint density at radius 3 is 1.56 bits per heavy atom. The third-order valence-corrected chi connectivity index (χ3v) is 2.43. The van der Waals surface area contributed by atoms with Gasteiger partial charge >= 0.3 is 17.9 Å². The molecule has 0 spiro atoms. The number of rotatable bonds is 2. The second kappa shape index (κ2) is 4.25. The van der Waals surface area contributed by atoms with Gasteiger partial charge in [0, 0.05) is 5.56 Å². The van der Waals surface area contributed by atoms with E-state index in [1.54, 1.807) is 0 Å². The molecule has 0 aliphatic rings. The second-order valence-corrected chi connectivity index (χ2v) is 3.66. The maximum Gasteiger partial charge on any atom is 0.430 e. The van der Waals surface area contributed by atoms with Crippen LogP contribution in [0.2, 0.25) is 0 Å². The van der Waals surface area contributed by atoms with Gasteiger partial charge in [0.15, 0.2) is 0 Å². The van der Waals surface area contributed by atoms with Gasteiger partial charge in [-0.1, -0.05) is 29.8 Å². The van der Waals surface area contributed by atoms with Crippen LogP contribution in [0.15, 0.2) is 29.4 Å². The lowest BCUT2D eigenvalue weighted by molar-refractivity contribution is -0.301. The van der Waals surface area contributed by atoms with Crippen molar-refractivity contribution in [3.8, 4) is 0 Å². The molecule has 0 heterocycles. The van der Waals surface area contributed by atoms with Crippen LogP contribution in [-0.2, 0) is 5.54 Å². The summed E-state index contributed by atoms with van der Waals surface area (Å²) >= 11 is 0. The lowest BCUT2D eigenvalue weighted by atomic mass is 9.89. The van der Waals surface area contributed by atoms with Crippen molar-refractivity contribution in [2.75, 3.05) is 0 Å². The molecule has 1 aromatic carbocycles. The lowest BCUT2D eigenvalue weighted by Gasteiger charge is -2.31. The first-order valence-electron chi connectivity index (χ1n) is 4.61. The standard InChI is InChI=1S/C10H7F6NO/c1-6-2-4-7(5-3-6)8(17-18,9(11,12)13)10(14,15)16/h2-5H,1H3. The van der Waals surface area contributed by atoms with Crippen molar-refractivity contribution in [1.29, 1.82) is 0 Å². The molecular weight excluding hydrogens is 264 g/mol. The van der Waals surface area contributed by atoms with E-state index in [0.717, 1.165) is 12.1 Å². The maximum absolute atomic E-state index is 12.6. The summed E-state index contributed by atoms with van der Waals surface area (Å²) in [4.78, 5) is 10.3. The van der Waals surface area contributed by atoms with Gasteiger partial charge in [0.05, 0.1) is 0 Å². The highest BCUT2D eigenvalue weighted by atomic mass is 19.4. The van der Waals surface area contributed by atoms with Gasteiger partial charge in [-0.05, 0) is 12.1 Å². The Labute approximate surface area is 97.6 Å². The molecule has 0 N–H and O–H groups in total. The molecule has 2 nitrogen and oxygen atoms in total. The minimum absolute atomic E-state index is 0.461. The zero-order valence-corrected chi connectivity index (χ0v) is 8.93. The van der Waals surface area contributed by atoms with Crippen LogP contribution in [0.25, 0.3) is 0 Å². The third kappa shape index (κ3) is 2.06. The molecule has 0 saturated carbocycles. The molecule has 0 atom stereocenters. The predicted molar refractivity (Wildman–Crippen MR) is 50.8 cm³/mol. The van der Waals surface area contributed by atoms with Crippen LogP contribution in [-0.4, -0.2) is 12.4 Å². The van der Waals surface area contributed by atoms with Crippen molar-refractivity contribution >= 4 is 0 Å². The van der Waals surface area contributed by atoms with Gasteiger partial charge in [0.2, 0.25) is 0 Å². The van der Waals surface area contributed by atoms with E-state index in [-0.39, 0.29) is 0 Å². The van der Waals surface area contributed by atoms with Crippen LogP contribution in [0.3, 0.4) is 0 Å². The average molecular weight is 271 g/mol. The Morgan fingerprint density at radius 1 is 0.889 bits per heavy atom. The van der Waals surface area contributed by atoms with Gasteiger partial charge in [-0.2, -0.15) is 26.3 Å². The van der Waals surface area contributed by atoms with Crippen molar-refractivity contribution in [3.63, 3.8) is 0 Å². The molecule has 0 bridgehead atoms. The number of nitrogens with zero attached hydrogens (tertiary/aromatic N) is 1. The molecular formula is C10H7F6NO. The third-order valence-electron chi connectivity index (χ3n) is 2.43. The Kier molecular flexibility index (Phi) is 3.42. The molecule has 0 fully saturated rings. The number of aryl methyl sites for hydroxylation is 1. The summed E-state index contributed by atoms with van der Waals surface area (Å²) in [5.74, 6) is 0. The molecule has 0 aromatic heterocycles. The monoisotopic (exact) mass is 271 g/mol. The molecule has 18 heavy (non-hydrogen) atoms. The first-order chi connectivity index (χ1) is 8.06. The quantitative estimate of drug-likeness (QED) is 0.588. The summed E-state index contributed by atoms with van der Waals surface area (Å²) in [5, 5.41) is 1.36. The fourth-order valence-corrected chi connectivity index (χ4v) is 1.44. The molecule has 0 unspecified atom stereocenters. The van der Waals surface area contributed by atoms with Gasteiger partial charge in [0.25, 0.3) is 0 Å². The fraction of sp³-hybridized carbons (Fsp3) is 0.400. The van der Waals surface area contributed by atoms with Crippen molar-refractivity contribution < 1.29 is 26.3 Å². The second-order valence-electron chi connectivity index (χ2n) is 3.66. The predicted octanol–water partition coefficient (Wildman–Crippen LogP) is 4.08. The Bertz CT molecular complexity index is 419. The van der Waals surface area contributed by atoms with Gasteiger partial charge < -0.3 is 0 Å². The molecule has 1 aromatic rings. The smallest absolute Gasteiger partial charge is 0.167 e. The van der Waals surface area contributed by atoms with E-state index in [9.17, 15) is 31.2 Å². The topological polar surface area (TPSA) is 29.4 Å². The van der Waals surface area contributed by atoms with Crippen molar-refractivity contribution in [2.45, 2.75) is 24.8 Å². The summed E-state index contributed by atoms with van der Waals surface area (Å²) in [6.07, 6.45) is -11.7. The number of alkyl halides is 6. The van der Waals surface area contributed by atoms with E-state index >= 15 is 0 Å². The molecule has 0 radical (unpaired) electrons. The van der Waals surface area contributed by atoms with Crippen LogP contribution < -0.4 is 0 Å². The largest absolute Gasteiger partial charge is 0.430 e. The van der Waals surface area contributed by atoms with Crippen LogP contribution >= 0.6 is 0 Å². The number of benzene rings is 1. The van der Waals surface area contributed by atoms with Crippen molar-refractivity contribution in [3.05, 3.63) is 40.3 Å². The van der Waals surface area contributed by atoms with E-state index in [1.165, 1.54) is 12.1 Å². The van der Waals surface area contributed by atoms with Crippen molar-refractivity contribution in [1.82, 2.24) is 0 Å². The van der Waals surface area contributed by atoms with Gasteiger partial charge in [-0.15, -0.1) is 4.91 Å². The number of hydrogen-bond donors (Lipinski definition) is 0. The Hall–Kier alpha value is -1.60. The summed E-state index contributed by atoms with van der Waals surface area (Å²) in [6.45, 7) is 1.49. The molecule has 0 aliphatic carbocycles.